The zero-order valence-corrected chi connectivity index (χ0v) is 12.2. The summed E-state index contributed by atoms with van der Waals surface area (Å²) in [7, 11) is 4.14. The molecule has 0 heterocycles. The Balaban J connectivity index is 1.62. The van der Waals surface area contributed by atoms with E-state index in [1.165, 1.54) is 12.8 Å². The highest BCUT2D eigenvalue weighted by molar-refractivity contribution is 8.76. The third-order valence-electron chi connectivity index (χ3n) is 6.47. The largest absolute Gasteiger partial charge is 0.350 e. The first-order valence-corrected chi connectivity index (χ1v) is 9.70. The average Bonchev–Trinajstić information content (AvgIpc) is 2.99. The second-order valence-corrected chi connectivity index (χ2v) is 9.45. The average molecular weight is 272 g/mol. The van der Waals surface area contributed by atoms with Gasteiger partial charge >= 0.3 is 0 Å². The monoisotopic (exact) mass is 272 g/mol. The summed E-state index contributed by atoms with van der Waals surface area (Å²) in [6.07, 6.45) is 6.77. The normalized spacial score (nSPS) is 63.4. The van der Waals surface area contributed by atoms with Gasteiger partial charge in [0.15, 0.2) is 0 Å². The van der Waals surface area contributed by atoms with Crippen LogP contribution in [0.1, 0.15) is 19.3 Å². The highest BCUT2D eigenvalue weighted by Gasteiger charge is 2.68. The van der Waals surface area contributed by atoms with E-state index in [0.29, 0.717) is 12.1 Å². The SMILES string of the molecule is CSS[C@H]1C[C@H]2CC1[C@H]1[C@@H]2[C@H]2C[C@@H]1C([NH3+])C2[NH3+]. The van der Waals surface area contributed by atoms with Crippen molar-refractivity contribution in [1.82, 2.24) is 0 Å². The Bertz CT molecular complexity index is 337. The number of fused-ring (bicyclic) bond motifs is 9. The molecule has 0 aromatic rings. The lowest BCUT2D eigenvalue weighted by atomic mass is 9.68. The summed E-state index contributed by atoms with van der Waals surface area (Å²) < 4.78 is 0. The van der Waals surface area contributed by atoms with E-state index in [1.54, 1.807) is 6.42 Å². The van der Waals surface area contributed by atoms with Crippen LogP contribution in [0.5, 0.6) is 0 Å². The maximum absolute atomic E-state index is 4.44. The number of hydrogen-bond donors (Lipinski definition) is 2. The fourth-order valence-electron chi connectivity index (χ4n) is 6.05. The summed E-state index contributed by atoms with van der Waals surface area (Å²) in [5, 5.41) is 0.964. The Morgan fingerprint density at radius 1 is 0.882 bits per heavy atom. The Hall–Kier alpha value is 0.620. The van der Waals surface area contributed by atoms with Crippen molar-refractivity contribution in [3.63, 3.8) is 0 Å². The highest BCUT2D eigenvalue weighted by Crippen LogP contribution is 2.68. The third-order valence-corrected chi connectivity index (χ3v) is 8.77. The number of rotatable bonds is 2. The van der Waals surface area contributed by atoms with Gasteiger partial charge in [-0.15, -0.1) is 0 Å². The highest BCUT2D eigenvalue weighted by atomic mass is 33.1. The van der Waals surface area contributed by atoms with Crippen molar-refractivity contribution in [1.29, 1.82) is 0 Å². The fraction of sp³-hybridized carbons (Fsp3) is 1.00. The van der Waals surface area contributed by atoms with E-state index in [-0.39, 0.29) is 0 Å². The van der Waals surface area contributed by atoms with Crippen molar-refractivity contribution in [2.75, 3.05) is 6.26 Å². The molecule has 0 amide bonds. The molecule has 2 nitrogen and oxygen atoms in total. The Morgan fingerprint density at radius 2 is 1.59 bits per heavy atom. The molecule has 0 saturated heterocycles. The van der Waals surface area contributed by atoms with Crippen LogP contribution >= 0.6 is 21.6 Å². The Labute approximate surface area is 111 Å². The molecule has 0 aliphatic heterocycles. The molecule has 4 fully saturated rings. The van der Waals surface area contributed by atoms with Crippen LogP contribution in [0.25, 0.3) is 0 Å². The van der Waals surface area contributed by atoms with Crippen molar-refractivity contribution in [3.05, 3.63) is 0 Å². The summed E-state index contributed by atoms with van der Waals surface area (Å²) in [6, 6.07) is 1.34. The first-order chi connectivity index (χ1) is 8.22. The van der Waals surface area contributed by atoms with Crippen LogP contribution in [-0.4, -0.2) is 23.6 Å². The summed E-state index contributed by atoms with van der Waals surface area (Å²) in [5.74, 6) is 6.08. The molecule has 9 atom stereocenters. The third kappa shape index (κ3) is 1.33. The Morgan fingerprint density at radius 3 is 2.29 bits per heavy atom. The van der Waals surface area contributed by atoms with Crippen LogP contribution in [0.3, 0.4) is 0 Å². The van der Waals surface area contributed by atoms with E-state index < -0.39 is 0 Å². The summed E-state index contributed by atoms with van der Waals surface area (Å²) >= 11 is 0. The lowest BCUT2D eigenvalue weighted by Crippen LogP contribution is -2.82. The van der Waals surface area contributed by atoms with Crippen molar-refractivity contribution in [2.24, 2.45) is 35.5 Å². The maximum atomic E-state index is 4.44. The molecule has 0 aromatic heterocycles. The molecule has 4 rings (SSSR count). The van der Waals surface area contributed by atoms with Crippen LogP contribution < -0.4 is 11.5 Å². The van der Waals surface area contributed by atoms with Gasteiger partial charge in [-0.1, -0.05) is 21.6 Å². The molecule has 4 heteroatoms. The van der Waals surface area contributed by atoms with Gasteiger partial charge in [0, 0.05) is 17.1 Å². The van der Waals surface area contributed by atoms with Gasteiger partial charge in [0.25, 0.3) is 0 Å². The summed E-state index contributed by atoms with van der Waals surface area (Å²) in [6.45, 7) is 0. The molecular formula is C13H24N2S2+2. The van der Waals surface area contributed by atoms with Gasteiger partial charge in [0.1, 0.15) is 12.1 Å². The van der Waals surface area contributed by atoms with Gasteiger partial charge in [-0.2, -0.15) is 0 Å². The van der Waals surface area contributed by atoms with Gasteiger partial charge in [-0.25, -0.2) is 0 Å². The molecule has 0 spiro atoms. The quantitative estimate of drug-likeness (QED) is 0.568. The van der Waals surface area contributed by atoms with Crippen LogP contribution in [0, 0.1) is 35.5 Å². The molecule has 4 bridgehead atoms. The van der Waals surface area contributed by atoms with Crippen LogP contribution in [0.15, 0.2) is 0 Å². The van der Waals surface area contributed by atoms with Crippen molar-refractivity contribution in [3.8, 4) is 0 Å². The standard InChI is InChI=1S/C13H22N2S2/c1-16-17-9-3-5-2-6(9)11-8-4-7(10(5)11)12(14)13(8)15/h5-13H,2-4,14-15H2,1H3/p+2/t5-,6?,7-,8+,9+,10+,11-,12?,13?/m1/s1. The van der Waals surface area contributed by atoms with E-state index in [4.69, 9.17) is 0 Å². The molecule has 0 aromatic carbocycles. The zero-order valence-electron chi connectivity index (χ0n) is 10.5. The summed E-state index contributed by atoms with van der Waals surface area (Å²) in [5.41, 5.74) is 8.87. The van der Waals surface area contributed by atoms with E-state index in [2.05, 4.69) is 28.5 Å². The van der Waals surface area contributed by atoms with Crippen LogP contribution in [-0.2, 0) is 0 Å². The van der Waals surface area contributed by atoms with Gasteiger partial charge in [-0.05, 0) is 49.2 Å². The second kappa shape index (κ2) is 3.81. The predicted molar refractivity (Wildman–Crippen MR) is 73.0 cm³/mol. The molecule has 17 heavy (non-hydrogen) atoms. The second-order valence-electron chi connectivity index (χ2n) is 6.74. The lowest BCUT2D eigenvalue weighted by Gasteiger charge is -2.40. The molecule has 0 radical (unpaired) electrons. The summed E-state index contributed by atoms with van der Waals surface area (Å²) in [4.78, 5) is 0. The van der Waals surface area contributed by atoms with Crippen LogP contribution in [0.4, 0.5) is 0 Å². The smallest absolute Gasteiger partial charge is 0.140 e. The maximum Gasteiger partial charge on any atom is 0.140 e. The minimum Gasteiger partial charge on any atom is -0.350 e. The van der Waals surface area contributed by atoms with Crippen LogP contribution in [0.2, 0.25) is 0 Å². The minimum atomic E-state index is 0.667. The van der Waals surface area contributed by atoms with Crippen molar-refractivity contribution < 1.29 is 11.5 Å². The first kappa shape index (κ1) is 11.4. The van der Waals surface area contributed by atoms with Crippen molar-refractivity contribution in [2.45, 2.75) is 36.6 Å². The molecule has 4 aliphatic carbocycles. The van der Waals surface area contributed by atoms with Gasteiger partial charge in [0.2, 0.25) is 0 Å². The predicted octanol–water partition coefficient (Wildman–Crippen LogP) is 0.509. The van der Waals surface area contributed by atoms with Gasteiger partial charge in [0.05, 0.1) is 0 Å². The molecule has 3 unspecified atom stereocenters. The van der Waals surface area contributed by atoms with Gasteiger partial charge in [-0.3, -0.25) is 0 Å². The lowest BCUT2D eigenvalue weighted by molar-refractivity contribution is -0.542. The van der Waals surface area contributed by atoms with E-state index in [9.17, 15) is 0 Å². The molecular weight excluding hydrogens is 248 g/mol. The molecule has 6 N–H and O–H groups in total. The number of hydrogen-bond acceptors (Lipinski definition) is 2. The minimum absolute atomic E-state index is 0.667. The number of quaternary nitrogens is 2. The van der Waals surface area contributed by atoms with E-state index in [0.717, 1.165) is 40.8 Å². The van der Waals surface area contributed by atoms with E-state index >= 15 is 0 Å². The zero-order chi connectivity index (χ0) is 11.7. The van der Waals surface area contributed by atoms with E-state index in [1.807, 2.05) is 10.8 Å². The first-order valence-electron chi connectivity index (χ1n) is 7.08. The molecule has 4 aliphatic rings. The van der Waals surface area contributed by atoms with Crippen molar-refractivity contribution >= 4 is 21.6 Å². The van der Waals surface area contributed by atoms with Gasteiger partial charge < -0.3 is 11.5 Å². The Kier molecular flexibility index (Phi) is 2.57. The molecule has 96 valence electrons. The molecule has 4 saturated carbocycles. The fourth-order valence-corrected chi connectivity index (χ4v) is 8.46. The topological polar surface area (TPSA) is 55.3 Å².